The second-order valence-corrected chi connectivity index (χ2v) is 4.21. The van der Waals surface area contributed by atoms with Crippen LogP contribution in [0.5, 0.6) is 0 Å². The number of halogens is 3. The maximum absolute atomic E-state index is 13.0. The van der Waals surface area contributed by atoms with Gasteiger partial charge in [0, 0.05) is 18.7 Å². The molecule has 0 saturated carbocycles. The third kappa shape index (κ3) is 2.00. The van der Waals surface area contributed by atoms with Crippen molar-refractivity contribution in [3.8, 4) is 11.6 Å². The molecule has 9 heteroatoms. The predicted octanol–water partition coefficient (Wildman–Crippen LogP) is 2.41. The maximum atomic E-state index is 13.0. The Morgan fingerprint density at radius 1 is 1.15 bits per heavy atom. The van der Waals surface area contributed by atoms with Gasteiger partial charge in [-0.05, 0) is 13.0 Å². The third-order valence-electron chi connectivity index (χ3n) is 2.59. The molecule has 3 aromatic heterocycles. The molecule has 0 fully saturated rings. The Kier molecular flexibility index (Phi) is 2.53. The first-order valence-corrected chi connectivity index (χ1v) is 5.60. The summed E-state index contributed by atoms with van der Waals surface area (Å²) < 4.78 is 44.8. The molecule has 0 aliphatic carbocycles. The van der Waals surface area contributed by atoms with Crippen molar-refractivity contribution in [1.82, 2.24) is 24.8 Å². The van der Waals surface area contributed by atoms with Crippen molar-refractivity contribution in [1.29, 1.82) is 0 Å². The molecule has 20 heavy (non-hydrogen) atoms. The largest absolute Gasteiger partial charge is 0.433 e. The van der Waals surface area contributed by atoms with Gasteiger partial charge in [-0.2, -0.15) is 18.3 Å². The number of fused-ring (bicyclic) bond motifs is 1. The van der Waals surface area contributed by atoms with E-state index in [1.807, 2.05) is 0 Å². The summed E-state index contributed by atoms with van der Waals surface area (Å²) >= 11 is 0. The van der Waals surface area contributed by atoms with E-state index >= 15 is 0 Å². The average molecular weight is 283 g/mol. The zero-order valence-corrected chi connectivity index (χ0v) is 10.4. The Bertz CT molecular complexity index is 789. The molecule has 0 N–H and O–H groups in total. The van der Waals surface area contributed by atoms with Gasteiger partial charge in [0.1, 0.15) is 5.69 Å². The van der Waals surface area contributed by atoms with Gasteiger partial charge in [0.15, 0.2) is 11.3 Å². The number of alkyl halides is 3. The first-order chi connectivity index (χ1) is 9.34. The van der Waals surface area contributed by atoms with Crippen LogP contribution in [-0.2, 0) is 6.18 Å². The summed E-state index contributed by atoms with van der Waals surface area (Å²) in [5, 5.41) is 11.2. The summed E-state index contributed by atoms with van der Waals surface area (Å²) in [6.45, 7) is 3.06. The van der Waals surface area contributed by atoms with Gasteiger partial charge < -0.3 is 4.42 Å². The Morgan fingerprint density at radius 2 is 1.90 bits per heavy atom. The van der Waals surface area contributed by atoms with Crippen LogP contribution < -0.4 is 0 Å². The molecular formula is C11H8F3N5O. The van der Waals surface area contributed by atoms with Gasteiger partial charge in [0.05, 0.1) is 0 Å². The summed E-state index contributed by atoms with van der Waals surface area (Å²) in [5.41, 5.74) is -0.433. The molecule has 0 aliphatic rings. The zero-order chi connectivity index (χ0) is 14.5. The standard InChI is InChI=1S/C11H8F3N5O/c1-5-3-8(11(12,13)14)19-9(15-5)4-7(18-19)10-17-16-6(2)20-10/h3-4H,1-2H3. The molecule has 0 atom stereocenters. The van der Waals surface area contributed by atoms with Gasteiger partial charge in [-0.25, -0.2) is 9.50 Å². The molecule has 0 spiro atoms. The van der Waals surface area contributed by atoms with Gasteiger partial charge in [-0.15, -0.1) is 10.2 Å². The lowest BCUT2D eigenvalue weighted by atomic mass is 10.3. The smallest absolute Gasteiger partial charge is 0.420 e. The molecule has 104 valence electrons. The van der Waals surface area contributed by atoms with E-state index in [1.54, 1.807) is 6.92 Å². The Hall–Kier alpha value is -2.45. The van der Waals surface area contributed by atoms with Gasteiger partial charge in [-0.1, -0.05) is 0 Å². The second kappa shape index (κ2) is 4.02. The summed E-state index contributed by atoms with van der Waals surface area (Å²) in [6, 6.07) is 2.30. The van der Waals surface area contributed by atoms with Crippen molar-refractivity contribution in [3.05, 3.63) is 29.4 Å². The molecule has 0 amide bonds. The normalized spacial score (nSPS) is 12.2. The van der Waals surface area contributed by atoms with E-state index in [9.17, 15) is 13.2 Å². The average Bonchev–Trinajstić information content (AvgIpc) is 2.92. The summed E-state index contributed by atoms with van der Waals surface area (Å²) in [7, 11) is 0. The van der Waals surface area contributed by atoms with Crippen molar-refractivity contribution in [2.24, 2.45) is 0 Å². The number of nitrogens with zero attached hydrogens (tertiary/aromatic N) is 5. The fourth-order valence-electron chi connectivity index (χ4n) is 1.81. The van der Waals surface area contributed by atoms with E-state index in [0.717, 1.165) is 10.6 Å². The van der Waals surface area contributed by atoms with Crippen LogP contribution in [0.2, 0.25) is 0 Å². The van der Waals surface area contributed by atoms with Gasteiger partial charge >= 0.3 is 6.18 Å². The van der Waals surface area contributed by atoms with Crippen molar-refractivity contribution in [2.45, 2.75) is 20.0 Å². The number of hydrogen-bond acceptors (Lipinski definition) is 5. The van der Waals surface area contributed by atoms with Crippen LogP contribution >= 0.6 is 0 Å². The lowest BCUT2D eigenvalue weighted by Gasteiger charge is -2.08. The third-order valence-corrected chi connectivity index (χ3v) is 2.59. The SMILES string of the molecule is Cc1cc(C(F)(F)F)n2nc(-c3nnc(C)o3)cc2n1. The van der Waals surface area contributed by atoms with Crippen molar-refractivity contribution in [2.75, 3.05) is 0 Å². The molecule has 0 aliphatic heterocycles. The van der Waals surface area contributed by atoms with E-state index in [4.69, 9.17) is 4.42 Å². The van der Waals surface area contributed by atoms with Gasteiger partial charge in [0.2, 0.25) is 5.89 Å². The van der Waals surface area contributed by atoms with Crippen molar-refractivity contribution >= 4 is 5.65 Å². The van der Waals surface area contributed by atoms with Crippen LogP contribution in [0.15, 0.2) is 16.5 Å². The molecule has 0 radical (unpaired) electrons. The van der Waals surface area contributed by atoms with Gasteiger partial charge in [-0.3, -0.25) is 0 Å². The first-order valence-electron chi connectivity index (χ1n) is 5.60. The first kappa shape index (κ1) is 12.6. The highest BCUT2D eigenvalue weighted by Crippen LogP contribution is 2.30. The van der Waals surface area contributed by atoms with E-state index in [1.165, 1.54) is 13.0 Å². The molecule has 3 rings (SSSR count). The Morgan fingerprint density at radius 3 is 2.50 bits per heavy atom. The highest BCUT2D eigenvalue weighted by Gasteiger charge is 2.35. The quantitative estimate of drug-likeness (QED) is 0.686. The predicted molar refractivity (Wildman–Crippen MR) is 60.8 cm³/mol. The van der Waals surface area contributed by atoms with E-state index in [0.29, 0.717) is 5.89 Å². The van der Waals surface area contributed by atoms with Crippen molar-refractivity contribution < 1.29 is 17.6 Å². The summed E-state index contributed by atoms with van der Waals surface area (Å²) in [5.74, 6) is 0.357. The fraction of sp³-hybridized carbons (Fsp3) is 0.273. The molecule has 3 heterocycles. The van der Waals surface area contributed by atoms with Crippen LogP contribution in [0.1, 0.15) is 17.3 Å². The van der Waals surface area contributed by atoms with E-state index in [2.05, 4.69) is 20.3 Å². The summed E-state index contributed by atoms with van der Waals surface area (Å²) in [4.78, 5) is 4.01. The number of rotatable bonds is 1. The lowest BCUT2D eigenvalue weighted by molar-refractivity contribution is -0.142. The Labute approximate surface area is 110 Å². The lowest BCUT2D eigenvalue weighted by Crippen LogP contribution is -2.13. The molecule has 0 aromatic carbocycles. The minimum atomic E-state index is -4.53. The number of aromatic nitrogens is 5. The molecule has 3 aromatic rings. The van der Waals surface area contributed by atoms with Crippen LogP contribution in [0, 0.1) is 13.8 Å². The minimum absolute atomic E-state index is 0.0544. The second-order valence-electron chi connectivity index (χ2n) is 4.21. The number of hydrogen-bond donors (Lipinski definition) is 0. The van der Waals surface area contributed by atoms with E-state index < -0.39 is 11.9 Å². The molecule has 0 unspecified atom stereocenters. The highest BCUT2D eigenvalue weighted by atomic mass is 19.4. The minimum Gasteiger partial charge on any atom is -0.420 e. The molecule has 6 nitrogen and oxygen atoms in total. The Balaban J connectivity index is 2.25. The van der Waals surface area contributed by atoms with Crippen molar-refractivity contribution in [3.63, 3.8) is 0 Å². The van der Waals surface area contributed by atoms with Crippen LogP contribution in [0.25, 0.3) is 17.2 Å². The maximum Gasteiger partial charge on any atom is 0.433 e. The highest BCUT2D eigenvalue weighted by molar-refractivity contribution is 5.56. The molecule has 0 saturated heterocycles. The van der Waals surface area contributed by atoms with Crippen LogP contribution in [-0.4, -0.2) is 24.8 Å². The van der Waals surface area contributed by atoms with Crippen LogP contribution in [0.3, 0.4) is 0 Å². The van der Waals surface area contributed by atoms with Gasteiger partial charge in [0.25, 0.3) is 5.89 Å². The monoisotopic (exact) mass is 283 g/mol. The number of aryl methyl sites for hydroxylation is 2. The van der Waals surface area contributed by atoms with E-state index in [-0.39, 0.29) is 22.9 Å². The topological polar surface area (TPSA) is 69.1 Å². The fourth-order valence-corrected chi connectivity index (χ4v) is 1.81. The summed E-state index contributed by atoms with van der Waals surface area (Å²) in [6.07, 6.45) is -4.53. The molecular weight excluding hydrogens is 275 g/mol. The van der Waals surface area contributed by atoms with Crippen LogP contribution in [0.4, 0.5) is 13.2 Å². The zero-order valence-electron chi connectivity index (χ0n) is 10.4. The molecule has 0 bridgehead atoms.